The number of halogens is 2. The molecule has 200 valence electrons. The Morgan fingerprint density at radius 3 is 2.58 bits per heavy atom. The third kappa shape index (κ3) is 4.93. The van der Waals surface area contributed by atoms with Crippen molar-refractivity contribution in [3.63, 3.8) is 0 Å². The molecule has 3 heterocycles. The number of hydrogen-bond donors (Lipinski definition) is 4. The molecule has 4 rings (SSSR count). The molecule has 0 atom stereocenters. The van der Waals surface area contributed by atoms with Crippen LogP contribution < -0.4 is 30.2 Å². The number of nitrogens with two attached hydrogens (primary N) is 1. The molecule has 1 aliphatic rings. The van der Waals surface area contributed by atoms with Crippen molar-refractivity contribution in [2.24, 2.45) is 0 Å². The first-order valence-electron chi connectivity index (χ1n) is 11.2. The number of aliphatic hydroxyl groups is 1. The van der Waals surface area contributed by atoms with Crippen molar-refractivity contribution >= 4 is 58.4 Å². The number of nitrogens with one attached hydrogen (secondary N) is 2. The molecule has 0 spiro atoms. The van der Waals surface area contributed by atoms with Gasteiger partial charge in [-0.2, -0.15) is 4.98 Å². The molecule has 0 saturated carbocycles. The quantitative estimate of drug-likeness (QED) is 0.226. The zero-order valence-corrected chi connectivity index (χ0v) is 22.1. The number of methoxy groups -OCH3 is 3. The van der Waals surface area contributed by atoms with Crippen LogP contribution >= 0.6 is 23.2 Å². The van der Waals surface area contributed by atoms with Crippen molar-refractivity contribution in [3.8, 4) is 17.2 Å². The number of rotatable bonds is 9. The van der Waals surface area contributed by atoms with Gasteiger partial charge in [0.25, 0.3) is 11.8 Å². The van der Waals surface area contributed by atoms with Gasteiger partial charge in [-0.05, 0) is 23.8 Å². The highest BCUT2D eigenvalue weighted by Crippen LogP contribution is 2.47. The number of nitrogens with zero attached hydrogens (tertiary/aromatic N) is 3. The lowest BCUT2D eigenvalue weighted by atomic mass is 10.1. The summed E-state index contributed by atoms with van der Waals surface area (Å²) in [5.41, 5.74) is 7.56. The van der Waals surface area contributed by atoms with E-state index in [-0.39, 0.29) is 64.4 Å². The van der Waals surface area contributed by atoms with Crippen LogP contribution in [0.15, 0.2) is 18.3 Å². The molecule has 2 amide bonds. The second-order valence-electron chi connectivity index (χ2n) is 7.96. The summed E-state index contributed by atoms with van der Waals surface area (Å²) in [6, 6.07) is 3.18. The van der Waals surface area contributed by atoms with E-state index < -0.39 is 5.91 Å². The van der Waals surface area contributed by atoms with Crippen LogP contribution in [0.4, 0.5) is 11.8 Å². The highest BCUT2D eigenvalue weighted by atomic mass is 35.5. The minimum Gasteiger partial charge on any atom is -0.493 e. The van der Waals surface area contributed by atoms with Crippen LogP contribution in [-0.2, 0) is 11.3 Å². The van der Waals surface area contributed by atoms with E-state index in [0.717, 1.165) is 0 Å². The number of benzene rings is 1. The van der Waals surface area contributed by atoms with Crippen molar-refractivity contribution in [1.29, 1.82) is 0 Å². The number of fused-ring (bicyclic) bond motifs is 1. The number of amides is 2. The van der Waals surface area contributed by atoms with Gasteiger partial charge < -0.3 is 35.4 Å². The van der Waals surface area contributed by atoms with Gasteiger partial charge in [0.15, 0.2) is 17.3 Å². The second-order valence-corrected chi connectivity index (χ2v) is 8.70. The molecule has 14 heteroatoms. The lowest BCUT2D eigenvalue weighted by Gasteiger charge is -2.20. The van der Waals surface area contributed by atoms with Gasteiger partial charge in [-0.1, -0.05) is 23.2 Å². The first-order chi connectivity index (χ1) is 18.2. The number of ether oxygens (including phenoxy) is 3. The molecule has 0 fully saturated rings. The maximum atomic E-state index is 13.7. The van der Waals surface area contributed by atoms with E-state index in [4.69, 9.17) is 48.3 Å². The lowest BCUT2D eigenvalue weighted by Crippen LogP contribution is -2.27. The fourth-order valence-corrected chi connectivity index (χ4v) is 4.55. The molecule has 5 N–H and O–H groups in total. The Bertz CT molecular complexity index is 1440. The second kappa shape index (κ2) is 11.2. The first kappa shape index (κ1) is 27.0. The Hall–Kier alpha value is -4.00. The van der Waals surface area contributed by atoms with Crippen molar-refractivity contribution < 1.29 is 28.9 Å². The third-order valence-electron chi connectivity index (χ3n) is 5.70. The average Bonchev–Trinajstić information content (AvgIpc) is 3.47. The van der Waals surface area contributed by atoms with Gasteiger partial charge in [0.1, 0.15) is 5.15 Å². The van der Waals surface area contributed by atoms with E-state index in [2.05, 4.69) is 20.3 Å². The minimum absolute atomic E-state index is 0.0157. The summed E-state index contributed by atoms with van der Waals surface area (Å²) in [5.74, 6) is 0.133. The Balaban J connectivity index is 1.77. The SMILES string of the molecule is COc1cc(CN2C(=O)/C(=C\c3cc(C(=O)NCCO)c[nH]3)c3c(Cl)nc(N)nc32)c(Cl)c(OC)c1OC. The molecular formula is C24H24Cl2N6O6. The summed E-state index contributed by atoms with van der Waals surface area (Å²) in [7, 11) is 4.36. The van der Waals surface area contributed by atoms with Crippen LogP contribution in [0.3, 0.4) is 0 Å². The lowest BCUT2D eigenvalue weighted by molar-refractivity contribution is -0.113. The Labute approximate surface area is 227 Å². The maximum Gasteiger partial charge on any atom is 0.260 e. The van der Waals surface area contributed by atoms with E-state index >= 15 is 0 Å². The third-order valence-corrected chi connectivity index (χ3v) is 6.39. The van der Waals surface area contributed by atoms with Crippen LogP contribution in [0.5, 0.6) is 17.2 Å². The molecule has 2 aromatic heterocycles. The number of anilines is 2. The molecular weight excluding hydrogens is 539 g/mol. The van der Waals surface area contributed by atoms with Crippen molar-refractivity contribution in [3.05, 3.63) is 50.9 Å². The van der Waals surface area contributed by atoms with E-state index in [1.807, 2.05) is 0 Å². The van der Waals surface area contributed by atoms with Gasteiger partial charge in [-0.15, -0.1) is 0 Å². The average molecular weight is 563 g/mol. The minimum atomic E-state index is -0.451. The monoisotopic (exact) mass is 562 g/mol. The number of carbonyl (C=O) groups is 2. The predicted octanol–water partition coefficient (Wildman–Crippen LogP) is 2.53. The molecule has 0 saturated heterocycles. The predicted molar refractivity (Wildman–Crippen MR) is 142 cm³/mol. The number of H-pyrrole nitrogens is 1. The smallest absolute Gasteiger partial charge is 0.260 e. The summed E-state index contributed by atoms with van der Waals surface area (Å²) < 4.78 is 16.2. The summed E-state index contributed by atoms with van der Waals surface area (Å²) >= 11 is 13.0. The van der Waals surface area contributed by atoms with Crippen LogP contribution in [0, 0.1) is 0 Å². The summed E-state index contributed by atoms with van der Waals surface area (Å²) in [6.07, 6.45) is 3.01. The van der Waals surface area contributed by atoms with Gasteiger partial charge in [0, 0.05) is 18.4 Å². The van der Waals surface area contributed by atoms with Crippen LogP contribution in [-0.4, -0.2) is 66.4 Å². The van der Waals surface area contributed by atoms with E-state index in [0.29, 0.717) is 28.3 Å². The summed E-state index contributed by atoms with van der Waals surface area (Å²) in [4.78, 5) is 38.5. The van der Waals surface area contributed by atoms with Gasteiger partial charge in [0.2, 0.25) is 11.7 Å². The van der Waals surface area contributed by atoms with Gasteiger partial charge in [-0.3, -0.25) is 14.5 Å². The molecule has 12 nitrogen and oxygen atoms in total. The molecule has 0 radical (unpaired) electrons. The number of aliphatic hydroxyl groups excluding tert-OH is 1. The van der Waals surface area contributed by atoms with Gasteiger partial charge >= 0.3 is 0 Å². The van der Waals surface area contributed by atoms with Gasteiger partial charge in [-0.25, -0.2) is 4.98 Å². The van der Waals surface area contributed by atoms with E-state index in [1.165, 1.54) is 38.5 Å². The highest BCUT2D eigenvalue weighted by molar-refractivity contribution is 6.41. The molecule has 38 heavy (non-hydrogen) atoms. The summed E-state index contributed by atoms with van der Waals surface area (Å²) in [6.45, 7) is -0.115. The standard InChI is InChI=1S/C24H24Cl2N6O6/c1-36-15-7-12(17(25)19(38-3)18(15)37-2)10-32-21-16(20(26)30-24(27)31-21)14(23(32)35)8-13-6-11(9-29-13)22(34)28-4-5-33/h6-9,29,33H,4-5,10H2,1-3H3,(H,28,34)(H2,27,30,31)/b14-8-. The molecule has 3 aromatic rings. The van der Waals surface area contributed by atoms with Crippen molar-refractivity contribution in [1.82, 2.24) is 20.3 Å². The number of aromatic amines is 1. The molecule has 0 aliphatic carbocycles. The van der Waals surface area contributed by atoms with Gasteiger partial charge in [0.05, 0.1) is 56.2 Å². The summed E-state index contributed by atoms with van der Waals surface area (Å²) in [5, 5.41) is 11.7. The normalized spacial score (nSPS) is 13.6. The van der Waals surface area contributed by atoms with E-state index in [9.17, 15) is 9.59 Å². The molecule has 1 aliphatic heterocycles. The van der Waals surface area contributed by atoms with E-state index in [1.54, 1.807) is 12.1 Å². The van der Waals surface area contributed by atoms with Crippen LogP contribution in [0.25, 0.3) is 11.6 Å². The van der Waals surface area contributed by atoms with Crippen LogP contribution in [0.1, 0.15) is 27.2 Å². The topological polar surface area (TPSA) is 165 Å². The molecule has 0 unspecified atom stereocenters. The highest BCUT2D eigenvalue weighted by Gasteiger charge is 2.38. The van der Waals surface area contributed by atoms with Crippen molar-refractivity contribution in [2.45, 2.75) is 6.54 Å². The fraction of sp³-hybridized carbons (Fsp3) is 0.250. The Kier molecular flexibility index (Phi) is 7.95. The van der Waals surface area contributed by atoms with Crippen molar-refractivity contribution in [2.75, 3.05) is 45.1 Å². The maximum absolute atomic E-state index is 13.7. The zero-order valence-electron chi connectivity index (χ0n) is 20.6. The zero-order chi connectivity index (χ0) is 27.6. The number of carbonyl (C=O) groups excluding carboxylic acids is 2. The number of nitrogen functional groups attached to an aromatic ring is 1. The largest absolute Gasteiger partial charge is 0.493 e. The Morgan fingerprint density at radius 1 is 1.18 bits per heavy atom. The fourth-order valence-electron chi connectivity index (χ4n) is 4.00. The number of aromatic nitrogens is 3. The molecule has 0 bridgehead atoms. The number of hydrogen-bond acceptors (Lipinski definition) is 9. The molecule has 1 aromatic carbocycles. The first-order valence-corrected chi connectivity index (χ1v) is 11.9. The van der Waals surface area contributed by atoms with Crippen LogP contribution in [0.2, 0.25) is 10.2 Å². The Morgan fingerprint density at radius 2 is 1.92 bits per heavy atom.